The Hall–Kier alpha value is -0.840. The van der Waals surface area contributed by atoms with Crippen molar-refractivity contribution < 1.29 is 4.42 Å². The summed E-state index contributed by atoms with van der Waals surface area (Å²) in [6.45, 7) is 14.1. The molecule has 108 valence electrons. The Labute approximate surface area is 116 Å². The first-order valence-electron chi connectivity index (χ1n) is 7.46. The molecule has 1 aromatic heterocycles. The number of piperazine rings is 1. The highest BCUT2D eigenvalue weighted by molar-refractivity contribution is 5.12. The van der Waals surface area contributed by atoms with Gasteiger partial charge in [0.2, 0.25) is 0 Å². The molecule has 4 heteroatoms. The maximum atomic E-state index is 5.66. The maximum absolute atomic E-state index is 5.66. The molecule has 2 heterocycles. The lowest BCUT2D eigenvalue weighted by molar-refractivity contribution is 0.0790. The normalized spacial score (nSPS) is 21.9. The van der Waals surface area contributed by atoms with Crippen LogP contribution in [0.25, 0.3) is 0 Å². The summed E-state index contributed by atoms with van der Waals surface area (Å²) in [6.07, 6.45) is 1.88. The molecular weight excluding hydrogens is 238 g/mol. The predicted octanol–water partition coefficient (Wildman–Crippen LogP) is 1.92. The van der Waals surface area contributed by atoms with E-state index >= 15 is 0 Å². The Morgan fingerprint density at radius 2 is 2.21 bits per heavy atom. The molecule has 19 heavy (non-hydrogen) atoms. The first kappa shape index (κ1) is 14.6. The van der Waals surface area contributed by atoms with Gasteiger partial charge < -0.3 is 9.73 Å². The summed E-state index contributed by atoms with van der Waals surface area (Å²) >= 11 is 0. The molecule has 0 saturated carbocycles. The highest BCUT2D eigenvalue weighted by Gasteiger charge is 2.22. The minimum absolute atomic E-state index is 0.648. The lowest BCUT2D eigenvalue weighted by Gasteiger charge is -2.38. The van der Waals surface area contributed by atoms with Gasteiger partial charge in [0.15, 0.2) is 0 Å². The third-order valence-corrected chi connectivity index (χ3v) is 3.92. The van der Waals surface area contributed by atoms with Gasteiger partial charge in [0, 0.05) is 37.8 Å². The third-order valence-electron chi connectivity index (χ3n) is 3.92. The first-order valence-corrected chi connectivity index (χ1v) is 7.46. The van der Waals surface area contributed by atoms with Crippen molar-refractivity contribution >= 4 is 0 Å². The van der Waals surface area contributed by atoms with E-state index in [4.69, 9.17) is 4.42 Å². The van der Waals surface area contributed by atoms with Crippen LogP contribution in [-0.2, 0) is 13.1 Å². The molecule has 0 aromatic carbocycles. The van der Waals surface area contributed by atoms with Crippen LogP contribution < -0.4 is 5.32 Å². The van der Waals surface area contributed by atoms with Gasteiger partial charge in [-0.1, -0.05) is 13.8 Å². The zero-order valence-corrected chi connectivity index (χ0v) is 12.5. The second-order valence-corrected chi connectivity index (χ2v) is 5.41. The van der Waals surface area contributed by atoms with Crippen LogP contribution in [0.3, 0.4) is 0 Å². The minimum atomic E-state index is 0.648. The van der Waals surface area contributed by atoms with Crippen molar-refractivity contribution in [2.75, 3.05) is 32.7 Å². The molecule has 0 radical (unpaired) electrons. The fourth-order valence-corrected chi connectivity index (χ4v) is 2.78. The summed E-state index contributed by atoms with van der Waals surface area (Å²) in [5, 5.41) is 3.32. The predicted molar refractivity (Wildman–Crippen MR) is 78.1 cm³/mol. The Bertz CT molecular complexity index is 377. The molecule has 4 nitrogen and oxygen atoms in total. The van der Waals surface area contributed by atoms with Crippen LogP contribution in [0.1, 0.15) is 32.1 Å². The zero-order valence-electron chi connectivity index (χ0n) is 12.5. The van der Waals surface area contributed by atoms with E-state index < -0.39 is 0 Å². The van der Waals surface area contributed by atoms with Gasteiger partial charge in [-0.25, -0.2) is 0 Å². The smallest absolute Gasteiger partial charge is 0.118 e. The maximum Gasteiger partial charge on any atom is 0.118 e. The SMILES string of the molecule is CCNCc1coc(CN2CCN(CC)C(C)C2)c1. The lowest BCUT2D eigenvalue weighted by atomic mass is 10.2. The fourth-order valence-electron chi connectivity index (χ4n) is 2.78. The first-order chi connectivity index (χ1) is 9.22. The summed E-state index contributed by atoms with van der Waals surface area (Å²) < 4.78 is 5.66. The Balaban J connectivity index is 1.83. The van der Waals surface area contributed by atoms with Gasteiger partial charge in [0.1, 0.15) is 5.76 Å². The Morgan fingerprint density at radius 3 is 2.89 bits per heavy atom. The van der Waals surface area contributed by atoms with E-state index in [1.54, 1.807) is 0 Å². The van der Waals surface area contributed by atoms with E-state index in [0.29, 0.717) is 6.04 Å². The van der Waals surface area contributed by atoms with Gasteiger partial charge in [-0.05, 0) is 26.1 Å². The molecule has 2 rings (SSSR count). The average molecular weight is 265 g/mol. The Kier molecular flexibility index (Phi) is 5.43. The second kappa shape index (κ2) is 7.08. The second-order valence-electron chi connectivity index (χ2n) is 5.41. The van der Waals surface area contributed by atoms with E-state index in [0.717, 1.165) is 45.0 Å². The van der Waals surface area contributed by atoms with Crippen LogP contribution in [0.5, 0.6) is 0 Å². The van der Waals surface area contributed by atoms with Crippen molar-refractivity contribution in [1.29, 1.82) is 0 Å². The molecule has 1 unspecified atom stereocenters. The van der Waals surface area contributed by atoms with E-state index in [2.05, 4.69) is 42.0 Å². The number of furan rings is 1. The van der Waals surface area contributed by atoms with Gasteiger partial charge in [-0.15, -0.1) is 0 Å². The molecule has 0 aliphatic carbocycles. The van der Waals surface area contributed by atoms with Crippen molar-refractivity contribution in [3.05, 3.63) is 23.7 Å². The van der Waals surface area contributed by atoms with Gasteiger partial charge in [-0.3, -0.25) is 9.80 Å². The van der Waals surface area contributed by atoms with Gasteiger partial charge in [0.25, 0.3) is 0 Å². The summed E-state index contributed by atoms with van der Waals surface area (Å²) in [6, 6.07) is 2.83. The van der Waals surface area contributed by atoms with Crippen LogP contribution in [0.4, 0.5) is 0 Å². The minimum Gasteiger partial charge on any atom is -0.468 e. The summed E-state index contributed by atoms with van der Waals surface area (Å²) in [5.74, 6) is 1.09. The number of nitrogens with zero attached hydrogens (tertiary/aromatic N) is 2. The van der Waals surface area contributed by atoms with Crippen molar-refractivity contribution in [3.8, 4) is 0 Å². The van der Waals surface area contributed by atoms with Crippen LogP contribution >= 0.6 is 0 Å². The number of hydrogen-bond acceptors (Lipinski definition) is 4. The molecule has 1 atom stereocenters. The van der Waals surface area contributed by atoms with Crippen molar-refractivity contribution in [2.45, 2.75) is 39.9 Å². The van der Waals surface area contributed by atoms with E-state index in [1.165, 1.54) is 12.1 Å². The number of hydrogen-bond donors (Lipinski definition) is 1. The topological polar surface area (TPSA) is 31.7 Å². The number of nitrogens with one attached hydrogen (secondary N) is 1. The van der Waals surface area contributed by atoms with Crippen molar-refractivity contribution in [2.24, 2.45) is 0 Å². The lowest BCUT2D eigenvalue weighted by Crippen LogP contribution is -2.51. The van der Waals surface area contributed by atoms with Gasteiger partial charge in [-0.2, -0.15) is 0 Å². The van der Waals surface area contributed by atoms with E-state index in [1.807, 2.05) is 6.26 Å². The third kappa shape index (κ3) is 4.06. The van der Waals surface area contributed by atoms with Crippen LogP contribution in [0.2, 0.25) is 0 Å². The van der Waals surface area contributed by atoms with Gasteiger partial charge in [0.05, 0.1) is 12.8 Å². The Morgan fingerprint density at radius 1 is 1.37 bits per heavy atom. The molecule has 1 aliphatic heterocycles. The van der Waals surface area contributed by atoms with E-state index in [9.17, 15) is 0 Å². The summed E-state index contributed by atoms with van der Waals surface area (Å²) in [5.41, 5.74) is 1.25. The molecule has 0 amide bonds. The van der Waals surface area contributed by atoms with Crippen molar-refractivity contribution in [1.82, 2.24) is 15.1 Å². The molecular formula is C15H27N3O. The average Bonchev–Trinajstić information content (AvgIpc) is 2.84. The molecule has 1 aliphatic rings. The van der Waals surface area contributed by atoms with Crippen LogP contribution in [-0.4, -0.2) is 48.6 Å². The van der Waals surface area contributed by atoms with Crippen LogP contribution in [0, 0.1) is 0 Å². The van der Waals surface area contributed by atoms with E-state index in [-0.39, 0.29) is 0 Å². The monoisotopic (exact) mass is 265 g/mol. The standard InChI is InChI=1S/C15H27N3O/c1-4-16-9-14-8-15(19-12-14)11-17-6-7-18(5-2)13(3)10-17/h8,12-13,16H,4-7,9-11H2,1-3H3. The summed E-state index contributed by atoms with van der Waals surface area (Å²) in [7, 11) is 0. The molecule has 0 bridgehead atoms. The highest BCUT2D eigenvalue weighted by Crippen LogP contribution is 2.15. The van der Waals surface area contributed by atoms with Crippen molar-refractivity contribution in [3.63, 3.8) is 0 Å². The summed E-state index contributed by atoms with van der Waals surface area (Å²) in [4.78, 5) is 5.03. The van der Waals surface area contributed by atoms with Crippen LogP contribution in [0.15, 0.2) is 16.7 Å². The highest BCUT2D eigenvalue weighted by atomic mass is 16.3. The number of rotatable bonds is 6. The molecule has 1 fully saturated rings. The number of likely N-dealkylation sites (N-methyl/N-ethyl adjacent to an activating group) is 1. The molecule has 1 saturated heterocycles. The van der Waals surface area contributed by atoms with Gasteiger partial charge >= 0.3 is 0 Å². The molecule has 1 N–H and O–H groups in total. The molecule has 0 spiro atoms. The molecule has 1 aromatic rings. The fraction of sp³-hybridized carbons (Fsp3) is 0.733. The zero-order chi connectivity index (χ0) is 13.7. The largest absolute Gasteiger partial charge is 0.468 e. The quantitative estimate of drug-likeness (QED) is 0.851.